The van der Waals surface area contributed by atoms with Gasteiger partial charge in [-0.05, 0) is 36.8 Å². The van der Waals surface area contributed by atoms with Crippen LogP contribution in [0.1, 0.15) is 17.0 Å². The first-order valence-corrected chi connectivity index (χ1v) is 6.23. The SMILES string of the molecule is Cc1cccc(COc2c(F)cc(CCl)cc2F)n1. The smallest absolute Gasteiger partial charge is 0.191 e. The molecule has 0 aliphatic carbocycles. The van der Waals surface area contributed by atoms with Gasteiger partial charge in [-0.25, -0.2) is 8.78 Å². The molecule has 2 nitrogen and oxygen atoms in total. The molecule has 100 valence electrons. The summed E-state index contributed by atoms with van der Waals surface area (Å²) in [4.78, 5) is 4.19. The Labute approximate surface area is 115 Å². The Morgan fingerprint density at radius 2 is 1.89 bits per heavy atom. The van der Waals surface area contributed by atoms with E-state index in [1.165, 1.54) is 0 Å². The van der Waals surface area contributed by atoms with Gasteiger partial charge in [0.25, 0.3) is 0 Å². The molecule has 0 spiro atoms. The van der Waals surface area contributed by atoms with E-state index >= 15 is 0 Å². The zero-order chi connectivity index (χ0) is 13.8. The van der Waals surface area contributed by atoms with E-state index in [4.69, 9.17) is 16.3 Å². The molecule has 2 rings (SSSR count). The van der Waals surface area contributed by atoms with Crippen molar-refractivity contribution in [3.05, 3.63) is 58.9 Å². The number of alkyl halides is 1. The van der Waals surface area contributed by atoms with Crippen LogP contribution in [0, 0.1) is 18.6 Å². The number of hydrogen-bond donors (Lipinski definition) is 0. The summed E-state index contributed by atoms with van der Waals surface area (Å²) in [6.07, 6.45) is 0. The maximum Gasteiger partial charge on any atom is 0.191 e. The van der Waals surface area contributed by atoms with E-state index < -0.39 is 17.4 Å². The molecule has 0 bridgehead atoms. The summed E-state index contributed by atoms with van der Waals surface area (Å²) in [5.41, 5.74) is 1.80. The number of nitrogens with zero attached hydrogens (tertiary/aromatic N) is 1. The molecule has 0 aliphatic rings. The van der Waals surface area contributed by atoms with Gasteiger partial charge in [-0.2, -0.15) is 0 Å². The summed E-state index contributed by atoms with van der Waals surface area (Å²) in [5.74, 6) is -1.88. The van der Waals surface area contributed by atoms with Crippen molar-refractivity contribution in [2.75, 3.05) is 0 Å². The molecule has 0 unspecified atom stereocenters. The van der Waals surface area contributed by atoms with Crippen LogP contribution < -0.4 is 4.74 Å². The van der Waals surface area contributed by atoms with Crippen molar-refractivity contribution >= 4 is 11.6 Å². The molecule has 5 heteroatoms. The van der Waals surface area contributed by atoms with Crippen LogP contribution in [0.25, 0.3) is 0 Å². The number of pyridine rings is 1. The molecule has 2 aromatic rings. The first kappa shape index (κ1) is 13.7. The average Bonchev–Trinajstić information content (AvgIpc) is 2.37. The molecule has 0 N–H and O–H groups in total. The fourth-order valence-corrected chi connectivity index (χ4v) is 1.81. The average molecular weight is 284 g/mol. The Morgan fingerprint density at radius 3 is 2.47 bits per heavy atom. The lowest BCUT2D eigenvalue weighted by Gasteiger charge is -2.09. The normalized spacial score (nSPS) is 10.5. The van der Waals surface area contributed by atoms with Crippen molar-refractivity contribution in [2.24, 2.45) is 0 Å². The van der Waals surface area contributed by atoms with Crippen molar-refractivity contribution in [1.29, 1.82) is 0 Å². The Hall–Kier alpha value is -1.68. The third kappa shape index (κ3) is 3.41. The first-order valence-electron chi connectivity index (χ1n) is 5.69. The standard InChI is InChI=1S/C14H12ClF2NO/c1-9-3-2-4-11(18-9)8-19-14-12(16)5-10(7-15)6-13(14)17/h2-6H,7-8H2,1H3. The first-order chi connectivity index (χ1) is 9.10. The highest BCUT2D eigenvalue weighted by Gasteiger charge is 2.12. The fraction of sp³-hybridized carbons (Fsp3) is 0.214. The topological polar surface area (TPSA) is 22.1 Å². The van der Waals surface area contributed by atoms with Gasteiger partial charge in [0.2, 0.25) is 0 Å². The highest BCUT2D eigenvalue weighted by Crippen LogP contribution is 2.24. The predicted octanol–water partition coefficient (Wildman–Crippen LogP) is 3.99. The minimum Gasteiger partial charge on any atom is -0.481 e. The summed E-state index contributed by atoms with van der Waals surface area (Å²) in [6.45, 7) is 1.84. The van der Waals surface area contributed by atoms with Crippen LogP contribution >= 0.6 is 11.6 Å². The molecule has 1 aromatic heterocycles. The van der Waals surface area contributed by atoms with Crippen LogP contribution in [0.15, 0.2) is 30.3 Å². The number of rotatable bonds is 4. The lowest BCUT2D eigenvalue weighted by Crippen LogP contribution is -2.03. The quantitative estimate of drug-likeness (QED) is 0.792. The van der Waals surface area contributed by atoms with Gasteiger partial charge in [-0.3, -0.25) is 4.98 Å². The van der Waals surface area contributed by atoms with E-state index in [2.05, 4.69) is 4.98 Å². The highest BCUT2D eigenvalue weighted by molar-refractivity contribution is 6.17. The Bertz CT molecular complexity index is 566. The second-order valence-electron chi connectivity index (χ2n) is 4.08. The molecule has 0 aliphatic heterocycles. The molecule has 1 heterocycles. The molecule has 0 saturated carbocycles. The maximum absolute atomic E-state index is 13.6. The van der Waals surface area contributed by atoms with Crippen LogP contribution in [-0.4, -0.2) is 4.98 Å². The summed E-state index contributed by atoms with van der Waals surface area (Å²) < 4.78 is 32.4. The van der Waals surface area contributed by atoms with Gasteiger partial charge >= 0.3 is 0 Å². The van der Waals surface area contributed by atoms with Gasteiger partial charge in [-0.15, -0.1) is 11.6 Å². The number of ether oxygens (including phenoxy) is 1. The summed E-state index contributed by atoms with van der Waals surface area (Å²) >= 11 is 5.53. The molecule has 0 saturated heterocycles. The van der Waals surface area contributed by atoms with Gasteiger partial charge in [0.05, 0.1) is 5.69 Å². The molecule has 0 amide bonds. The second-order valence-corrected chi connectivity index (χ2v) is 4.35. The Morgan fingerprint density at radius 1 is 1.21 bits per heavy atom. The third-order valence-electron chi connectivity index (χ3n) is 2.52. The van der Waals surface area contributed by atoms with Crippen LogP contribution in [0.3, 0.4) is 0 Å². The van der Waals surface area contributed by atoms with Crippen molar-refractivity contribution in [3.8, 4) is 5.75 Å². The number of benzene rings is 1. The van der Waals surface area contributed by atoms with Crippen LogP contribution in [0.5, 0.6) is 5.75 Å². The van der Waals surface area contributed by atoms with E-state index in [0.717, 1.165) is 17.8 Å². The zero-order valence-electron chi connectivity index (χ0n) is 10.3. The monoisotopic (exact) mass is 283 g/mol. The van der Waals surface area contributed by atoms with Crippen LogP contribution in [0.2, 0.25) is 0 Å². The number of halogens is 3. The number of aromatic nitrogens is 1. The van der Waals surface area contributed by atoms with E-state index in [1.54, 1.807) is 6.07 Å². The van der Waals surface area contributed by atoms with E-state index in [1.807, 2.05) is 19.1 Å². The molecule has 0 radical (unpaired) electrons. The third-order valence-corrected chi connectivity index (χ3v) is 2.83. The Balaban J connectivity index is 2.16. The minimum absolute atomic E-state index is 0.00966. The van der Waals surface area contributed by atoms with Crippen molar-refractivity contribution < 1.29 is 13.5 Å². The number of hydrogen-bond acceptors (Lipinski definition) is 2. The second kappa shape index (κ2) is 5.97. The van der Waals surface area contributed by atoms with Crippen molar-refractivity contribution in [2.45, 2.75) is 19.4 Å². The molecule has 0 atom stereocenters. The zero-order valence-corrected chi connectivity index (χ0v) is 11.0. The van der Waals surface area contributed by atoms with Crippen molar-refractivity contribution in [1.82, 2.24) is 4.98 Å². The highest BCUT2D eigenvalue weighted by atomic mass is 35.5. The van der Waals surface area contributed by atoms with Gasteiger partial charge in [0.15, 0.2) is 17.4 Å². The Kier molecular flexibility index (Phi) is 4.32. The van der Waals surface area contributed by atoms with E-state index in [9.17, 15) is 8.78 Å². The van der Waals surface area contributed by atoms with E-state index in [0.29, 0.717) is 11.3 Å². The van der Waals surface area contributed by atoms with Gasteiger partial charge in [-0.1, -0.05) is 6.07 Å². The lowest BCUT2D eigenvalue weighted by atomic mass is 10.2. The predicted molar refractivity (Wildman–Crippen MR) is 69.2 cm³/mol. The van der Waals surface area contributed by atoms with Gasteiger partial charge in [0, 0.05) is 11.6 Å². The molecule has 1 aromatic carbocycles. The van der Waals surface area contributed by atoms with Crippen molar-refractivity contribution in [3.63, 3.8) is 0 Å². The molecular formula is C14H12ClF2NO. The largest absolute Gasteiger partial charge is 0.481 e. The summed E-state index contributed by atoms with van der Waals surface area (Å²) in [5, 5.41) is 0. The van der Waals surface area contributed by atoms with Gasteiger partial charge < -0.3 is 4.74 Å². The molecular weight excluding hydrogens is 272 g/mol. The van der Waals surface area contributed by atoms with Crippen LogP contribution in [-0.2, 0) is 12.5 Å². The summed E-state index contributed by atoms with van der Waals surface area (Å²) in [7, 11) is 0. The molecule has 19 heavy (non-hydrogen) atoms. The summed E-state index contributed by atoms with van der Waals surface area (Å²) in [6, 6.07) is 7.70. The fourth-order valence-electron chi connectivity index (χ4n) is 1.65. The number of aryl methyl sites for hydroxylation is 1. The van der Waals surface area contributed by atoms with Gasteiger partial charge in [0.1, 0.15) is 6.61 Å². The maximum atomic E-state index is 13.6. The van der Waals surface area contributed by atoms with Crippen LogP contribution in [0.4, 0.5) is 8.78 Å². The lowest BCUT2D eigenvalue weighted by molar-refractivity contribution is 0.270. The van der Waals surface area contributed by atoms with E-state index in [-0.39, 0.29) is 12.5 Å². The minimum atomic E-state index is -0.761. The molecule has 0 fully saturated rings.